The van der Waals surface area contributed by atoms with Crippen molar-refractivity contribution >= 4 is 17.3 Å². The zero-order chi connectivity index (χ0) is 18.2. The standard InChI is InChI=1S/C18H30N6S/c1-6-19-18(21-11-16-14(3)23-24(5)15(16)4)20-10-8-7-9-17-22-13(2)12-25-17/h12H,6-11H2,1-5H3,(H2,19,20,21). The predicted molar refractivity (Wildman–Crippen MR) is 105 cm³/mol. The van der Waals surface area contributed by atoms with Gasteiger partial charge in [-0.3, -0.25) is 4.68 Å². The topological polar surface area (TPSA) is 67.1 Å². The molecule has 0 spiro atoms. The van der Waals surface area contributed by atoms with Gasteiger partial charge in [-0.1, -0.05) is 0 Å². The van der Waals surface area contributed by atoms with Crippen LogP contribution in [0.5, 0.6) is 0 Å². The van der Waals surface area contributed by atoms with Gasteiger partial charge in [0.15, 0.2) is 5.96 Å². The third-order valence-electron chi connectivity index (χ3n) is 4.17. The van der Waals surface area contributed by atoms with E-state index in [0.717, 1.165) is 49.7 Å². The second-order valence-corrected chi connectivity index (χ2v) is 7.18. The summed E-state index contributed by atoms with van der Waals surface area (Å²) in [7, 11) is 1.98. The van der Waals surface area contributed by atoms with Gasteiger partial charge in [0.25, 0.3) is 0 Å². The summed E-state index contributed by atoms with van der Waals surface area (Å²) in [4.78, 5) is 9.22. The van der Waals surface area contributed by atoms with Crippen LogP contribution in [0.2, 0.25) is 0 Å². The number of aliphatic imine (C=N–C) groups is 1. The molecule has 0 atom stereocenters. The van der Waals surface area contributed by atoms with Crippen molar-refractivity contribution in [3.05, 3.63) is 33.0 Å². The molecule has 0 fully saturated rings. The van der Waals surface area contributed by atoms with Crippen molar-refractivity contribution in [3.8, 4) is 0 Å². The average molecular weight is 363 g/mol. The summed E-state index contributed by atoms with van der Waals surface area (Å²) in [6.45, 7) is 10.7. The highest BCUT2D eigenvalue weighted by Crippen LogP contribution is 2.13. The summed E-state index contributed by atoms with van der Waals surface area (Å²) < 4.78 is 1.92. The van der Waals surface area contributed by atoms with Crippen molar-refractivity contribution in [2.24, 2.45) is 12.0 Å². The molecule has 7 heteroatoms. The molecule has 0 aromatic carbocycles. The minimum absolute atomic E-state index is 0.652. The van der Waals surface area contributed by atoms with Gasteiger partial charge in [-0.2, -0.15) is 5.10 Å². The molecule has 2 rings (SSSR count). The van der Waals surface area contributed by atoms with Crippen molar-refractivity contribution in [2.75, 3.05) is 13.1 Å². The lowest BCUT2D eigenvalue weighted by Gasteiger charge is -2.11. The van der Waals surface area contributed by atoms with Crippen molar-refractivity contribution in [1.82, 2.24) is 25.4 Å². The zero-order valence-corrected chi connectivity index (χ0v) is 16.8. The van der Waals surface area contributed by atoms with E-state index in [-0.39, 0.29) is 0 Å². The molecule has 0 saturated carbocycles. The zero-order valence-electron chi connectivity index (χ0n) is 16.0. The smallest absolute Gasteiger partial charge is 0.191 e. The first kappa shape index (κ1) is 19.4. The lowest BCUT2D eigenvalue weighted by molar-refractivity contribution is 0.692. The van der Waals surface area contributed by atoms with Gasteiger partial charge in [0.05, 0.1) is 17.2 Å². The molecule has 0 saturated heterocycles. The second kappa shape index (κ2) is 9.56. The van der Waals surface area contributed by atoms with Gasteiger partial charge in [-0.25, -0.2) is 9.98 Å². The van der Waals surface area contributed by atoms with E-state index in [1.807, 2.05) is 25.6 Å². The summed E-state index contributed by atoms with van der Waals surface area (Å²) in [5, 5.41) is 14.5. The fraction of sp³-hybridized carbons (Fsp3) is 0.611. The van der Waals surface area contributed by atoms with Crippen LogP contribution < -0.4 is 10.6 Å². The van der Waals surface area contributed by atoms with E-state index in [4.69, 9.17) is 4.99 Å². The van der Waals surface area contributed by atoms with Crippen LogP contribution in [0, 0.1) is 20.8 Å². The van der Waals surface area contributed by atoms with Crippen LogP contribution in [-0.2, 0) is 20.0 Å². The van der Waals surface area contributed by atoms with Crippen molar-refractivity contribution < 1.29 is 0 Å². The van der Waals surface area contributed by atoms with E-state index in [2.05, 4.69) is 39.9 Å². The Morgan fingerprint density at radius 1 is 1.24 bits per heavy atom. The van der Waals surface area contributed by atoms with Crippen LogP contribution in [0.1, 0.15) is 47.4 Å². The quantitative estimate of drug-likeness (QED) is 0.430. The van der Waals surface area contributed by atoms with E-state index in [9.17, 15) is 0 Å². The molecule has 2 heterocycles. The summed E-state index contributed by atoms with van der Waals surface area (Å²) in [5.41, 5.74) is 4.56. The van der Waals surface area contributed by atoms with E-state index in [1.165, 1.54) is 16.3 Å². The van der Waals surface area contributed by atoms with Crippen LogP contribution in [-0.4, -0.2) is 33.8 Å². The van der Waals surface area contributed by atoms with Crippen LogP contribution in [0.4, 0.5) is 0 Å². The molecule has 25 heavy (non-hydrogen) atoms. The van der Waals surface area contributed by atoms with Crippen molar-refractivity contribution in [1.29, 1.82) is 0 Å². The highest BCUT2D eigenvalue weighted by molar-refractivity contribution is 7.09. The first-order chi connectivity index (χ1) is 12.0. The number of unbranched alkanes of at least 4 members (excludes halogenated alkanes) is 1. The van der Waals surface area contributed by atoms with Crippen LogP contribution in [0.15, 0.2) is 10.4 Å². The first-order valence-electron chi connectivity index (χ1n) is 8.93. The third kappa shape index (κ3) is 5.85. The average Bonchev–Trinajstić information content (AvgIpc) is 3.09. The molecular weight excluding hydrogens is 332 g/mol. The lowest BCUT2D eigenvalue weighted by Crippen LogP contribution is -2.37. The molecule has 0 aliphatic rings. The van der Waals surface area contributed by atoms with Crippen LogP contribution in [0.3, 0.4) is 0 Å². The molecule has 6 nitrogen and oxygen atoms in total. The highest BCUT2D eigenvalue weighted by atomic mass is 32.1. The van der Waals surface area contributed by atoms with Gasteiger partial charge < -0.3 is 10.6 Å². The largest absolute Gasteiger partial charge is 0.357 e. The monoisotopic (exact) mass is 362 g/mol. The Bertz CT molecular complexity index is 700. The Hall–Kier alpha value is -1.89. The summed E-state index contributed by atoms with van der Waals surface area (Å²) in [5.74, 6) is 0.871. The lowest BCUT2D eigenvalue weighted by atomic mass is 10.2. The van der Waals surface area contributed by atoms with E-state index >= 15 is 0 Å². The fourth-order valence-electron chi connectivity index (χ4n) is 2.67. The first-order valence-corrected chi connectivity index (χ1v) is 9.81. The number of thiazole rings is 1. The molecule has 0 aliphatic carbocycles. The minimum atomic E-state index is 0.652. The number of aromatic nitrogens is 3. The Morgan fingerprint density at radius 2 is 2.04 bits per heavy atom. The minimum Gasteiger partial charge on any atom is -0.357 e. The predicted octanol–water partition coefficient (Wildman–Crippen LogP) is 2.88. The molecule has 0 bridgehead atoms. The molecule has 138 valence electrons. The Balaban J connectivity index is 1.79. The van der Waals surface area contributed by atoms with Crippen molar-refractivity contribution in [3.63, 3.8) is 0 Å². The molecule has 2 aromatic rings. The fourth-order valence-corrected chi connectivity index (χ4v) is 3.49. The highest BCUT2D eigenvalue weighted by Gasteiger charge is 2.09. The van der Waals surface area contributed by atoms with Gasteiger partial charge in [-0.15, -0.1) is 11.3 Å². The van der Waals surface area contributed by atoms with E-state index in [1.54, 1.807) is 11.3 Å². The molecular formula is C18H30N6S. The number of aryl methyl sites for hydroxylation is 4. The molecule has 0 aliphatic heterocycles. The number of hydrogen-bond acceptors (Lipinski definition) is 4. The number of rotatable bonds is 8. The summed E-state index contributed by atoms with van der Waals surface area (Å²) in [6, 6.07) is 0. The summed E-state index contributed by atoms with van der Waals surface area (Å²) >= 11 is 1.76. The molecule has 0 amide bonds. The molecule has 2 aromatic heterocycles. The maximum atomic E-state index is 4.71. The maximum Gasteiger partial charge on any atom is 0.191 e. The van der Waals surface area contributed by atoms with Crippen molar-refractivity contribution in [2.45, 2.75) is 53.5 Å². The Morgan fingerprint density at radius 3 is 2.64 bits per heavy atom. The van der Waals surface area contributed by atoms with Crippen LogP contribution in [0.25, 0.3) is 0 Å². The molecule has 0 radical (unpaired) electrons. The Labute approximate surface area is 154 Å². The van der Waals surface area contributed by atoms with Gasteiger partial charge in [0.1, 0.15) is 0 Å². The number of nitrogens with one attached hydrogen (secondary N) is 2. The normalized spacial score (nSPS) is 11.8. The third-order valence-corrected chi connectivity index (χ3v) is 5.20. The van der Waals surface area contributed by atoms with Gasteiger partial charge in [0, 0.05) is 42.5 Å². The second-order valence-electron chi connectivity index (χ2n) is 6.23. The number of nitrogens with zero attached hydrogens (tertiary/aromatic N) is 4. The Kier molecular flexibility index (Phi) is 7.43. The van der Waals surface area contributed by atoms with E-state index < -0.39 is 0 Å². The summed E-state index contributed by atoms with van der Waals surface area (Å²) in [6.07, 6.45) is 3.30. The molecule has 2 N–H and O–H groups in total. The van der Waals surface area contributed by atoms with Gasteiger partial charge in [-0.05, 0) is 47.0 Å². The number of guanidine groups is 1. The molecule has 0 unspecified atom stereocenters. The van der Waals surface area contributed by atoms with E-state index in [0.29, 0.717) is 6.54 Å². The van der Waals surface area contributed by atoms with Crippen LogP contribution >= 0.6 is 11.3 Å². The SMILES string of the molecule is CCNC(=NCc1c(C)nn(C)c1C)NCCCCc1nc(C)cs1. The maximum absolute atomic E-state index is 4.71. The van der Waals surface area contributed by atoms with Gasteiger partial charge in [0.2, 0.25) is 0 Å². The number of hydrogen-bond donors (Lipinski definition) is 2. The van der Waals surface area contributed by atoms with Gasteiger partial charge >= 0.3 is 0 Å².